The van der Waals surface area contributed by atoms with E-state index in [-0.39, 0.29) is 11.3 Å². The van der Waals surface area contributed by atoms with E-state index in [4.69, 9.17) is 11.8 Å². The van der Waals surface area contributed by atoms with Gasteiger partial charge in [0.25, 0.3) is 0 Å². The third kappa shape index (κ3) is 1.83. The van der Waals surface area contributed by atoms with Crippen LogP contribution in [0.4, 0.5) is 18.9 Å². The molecule has 0 fully saturated rings. The first-order valence-corrected chi connectivity index (χ1v) is 3.48. The Labute approximate surface area is 78.0 Å². The summed E-state index contributed by atoms with van der Waals surface area (Å²) >= 11 is 0. The summed E-state index contributed by atoms with van der Waals surface area (Å²) in [5.74, 6) is 0. The Hall–Kier alpha value is -2.01. The molecule has 0 bridgehead atoms. The Bertz CT molecular complexity index is 435. The van der Waals surface area contributed by atoms with Crippen molar-refractivity contribution < 1.29 is 13.2 Å². The largest absolute Gasteiger partial charge is 0.416 e. The minimum absolute atomic E-state index is 0.0690. The van der Waals surface area contributed by atoms with Crippen molar-refractivity contribution in [2.24, 2.45) is 0 Å². The van der Waals surface area contributed by atoms with Crippen molar-refractivity contribution in [1.29, 1.82) is 5.26 Å². The van der Waals surface area contributed by atoms with E-state index >= 15 is 0 Å². The van der Waals surface area contributed by atoms with Gasteiger partial charge in [-0.25, -0.2) is 4.85 Å². The summed E-state index contributed by atoms with van der Waals surface area (Å²) in [6.07, 6.45) is -4.48. The third-order valence-electron chi connectivity index (χ3n) is 1.56. The molecule has 0 aliphatic carbocycles. The van der Waals surface area contributed by atoms with Gasteiger partial charge in [-0.1, -0.05) is 12.1 Å². The van der Waals surface area contributed by atoms with Crippen LogP contribution in [0.3, 0.4) is 0 Å². The van der Waals surface area contributed by atoms with Gasteiger partial charge in [0, 0.05) is 0 Å². The number of nitrogens with zero attached hydrogens (tertiary/aromatic N) is 2. The Balaban J connectivity index is 3.32. The Morgan fingerprint density at radius 2 is 2.00 bits per heavy atom. The van der Waals surface area contributed by atoms with Crippen LogP contribution in [0.1, 0.15) is 11.1 Å². The van der Waals surface area contributed by atoms with Crippen LogP contribution in [-0.4, -0.2) is 0 Å². The summed E-state index contributed by atoms with van der Waals surface area (Å²) in [5, 5.41) is 8.48. The molecule has 0 aromatic heterocycles. The van der Waals surface area contributed by atoms with Gasteiger partial charge in [0.1, 0.15) is 0 Å². The second kappa shape index (κ2) is 3.39. The molecule has 0 atom stereocenters. The van der Waals surface area contributed by atoms with Crippen LogP contribution in [0, 0.1) is 17.9 Å². The van der Waals surface area contributed by atoms with Crippen LogP contribution < -0.4 is 0 Å². The SMILES string of the molecule is [C-]#[N+]c1ccc(C(F)(F)F)cc1C#N. The molecule has 0 spiro atoms. The normalized spacial score (nSPS) is 10.4. The lowest BCUT2D eigenvalue weighted by Crippen LogP contribution is -2.04. The first kappa shape index (κ1) is 10.1. The van der Waals surface area contributed by atoms with E-state index in [2.05, 4.69) is 4.85 Å². The quantitative estimate of drug-likeness (QED) is 0.586. The summed E-state index contributed by atoms with van der Waals surface area (Å²) in [6.45, 7) is 6.61. The standard InChI is InChI=1S/C9H3F3N2/c1-14-8-3-2-7(9(10,11)12)4-6(8)5-13/h2-4H. The zero-order chi connectivity index (χ0) is 10.8. The highest BCUT2D eigenvalue weighted by Gasteiger charge is 2.30. The van der Waals surface area contributed by atoms with Crippen LogP contribution in [0.25, 0.3) is 4.85 Å². The maximum Gasteiger partial charge on any atom is 0.416 e. The van der Waals surface area contributed by atoms with Crippen LogP contribution in [0.15, 0.2) is 18.2 Å². The summed E-state index contributed by atoms with van der Waals surface area (Å²) in [7, 11) is 0. The van der Waals surface area contributed by atoms with Gasteiger partial charge in [0.15, 0.2) is 0 Å². The zero-order valence-electron chi connectivity index (χ0n) is 6.76. The summed E-state index contributed by atoms with van der Waals surface area (Å²) in [4.78, 5) is 2.92. The molecule has 14 heavy (non-hydrogen) atoms. The van der Waals surface area contributed by atoms with Crippen LogP contribution in [0.2, 0.25) is 0 Å². The van der Waals surface area contributed by atoms with Crippen molar-refractivity contribution in [2.75, 3.05) is 0 Å². The molecule has 5 heteroatoms. The summed E-state index contributed by atoms with van der Waals surface area (Å²) in [5.41, 5.74) is -1.24. The first-order chi connectivity index (χ1) is 6.49. The first-order valence-electron chi connectivity index (χ1n) is 3.48. The fraction of sp³-hybridized carbons (Fsp3) is 0.111. The van der Waals surface area contributed by atoms with Gasteiger partial charge in [-0.05, 0) is 6.07 Å². The van der Waals surface area contributed by atoms with Gasteiger partial charge in [-0.2, -0.15) is 18.4 Å². The number of benzene rings is 1. The predicted octanol–water partition coefficient (Wildman–Crippen LogP) is 3.13. The van der Waals surface area contributed by atoms with Crippen molar-refractivity contribution in [1.82, 2.24) is 0 Å². The lowest BCUT2D eigenvalue weighted by molar-refractivity contribution is -0.137. The molecule has 2 nitrogen and oxygen atoms in total. The molecule has 0 saturated heterocycles. The average Bonchev–Trinajstić information content (AvgIpc) is 2.15. The van der Waals surface area contributed by atoms with Crippen molar-refractivity contribution in [3.8, 4) is 6.07 Å². The second-order valence-electron chi connectivity index (χ2n) is 2.45. The fourth-order valence-electron chi connectivity index (χ4n) is 0.899. The molecule has 70 valence electrons. The lowest BCUT2D eigenvalue weighted by atomic mass is 10.1. The van der Waals surface area contributed by atoms with Crippen molar-refractivity contribution in [2.45, 2.75) is 6.18 Å². The highest BCUT2D eigenvalue weighted by molar-refractivity contribution is 5.59. The van der Waals surface area contributed by atoms with Gasteiger partial charge >= 0.3 is 6.18 Å². The number of halogens is 3. The van der Waals surface area contributed by atoms with Crippen molar-refractivity contribution in [3.63, 3.8) is 0 Å². The number of rotatable bonds is 0. The molecule has 1 rings (SSSR count). The summed E-state index contributed by atoms with van der Waals surface area (Å²) in [6, 6.07) is 4.00. The van der Waals surface area contributed by atoms with Crippen LogP contribution in [-0.2, 0) is 6.18 Å². The smallest absolute Gasteiger partial charge is 0.237 e. The van der Waals surface area contributed by atoms with E-state index in [9.17, 15) is 13.2 Å². The molecule has 0 aliphatic heterocycles. The van der Waals surface area contributed by atoms with Crippen LogP contribution >= 0.6 is 0 Å². The Kier molecular flexibility index (Phi) is 2.44. The van der Waals surface area contributed by atoms with E-state index in [0.717, 1.165) is 12.1 Å². The minimum atomic E-state index is -4.48. The average molecular weight is 196 g/mol. The van der Waals surface area contributed by atoms with Gasteiger partial charge in [0.2, 0.25) is 5.69 Å². The highest BCUT2D eigenvalue weighted by atomic mass is 19.4. The minimum Gasteiger partial charge on any atom is -0.237 e. The van der Waals surface area contributed by atoms with Gasteiger partial charge in [-0.15, -0.1) is 0 Å². The van der Waals surface area contributed by atoms with E-state index in [0.29, 0.717) is 6.07 Å². The maximum atomic E-state index is 12.2. The van der Waals surface area contributed by atoms with Crippen molar-refractivity contribution >= 4 is 5.69 Å². The van der Waals surface area contributed by atoms with Gasteiger partial charge in [0.05, 0.1) is 23.8 Å². The van der Waals surface area contributed by atoms with E-state index < -0.39 is 11.7 Å². The molecule has 0 radical (unpaired) electrons. The molecule has 0 N–H and O–H groups in total. The van der Waals surface area contributed by atoms with Gasteiger partial charge in [-0.3, -0.25) is 0 Å². The molecular formula is C9H3F3N2. The van der Waals surface area contributed by atoms with Crippen molar-refractivity contribution in [3.05, 3.63) is 40.7 Å². The second-order valence-corrected chi connectivity index (χ2v) is 2.45. The predicted molar refractivity (Wildman–Crippen MR) is 42.4 cm³/mol. The molecule has 1 aromatic carbocycles. The molecule has 0 saturated carbocycles. The van der Waals surface area contributed by atoms with E-state index in [1.165, 1.54) is 0 Å². The summed E-state index contributed by atoms with van der Waals surface area (Å²) < 4.78 is 36.5. The zero-order valence-corrected chi connectivity index (χ0v) is 6.76. The monoisotopic (exact) mass is 196 g/mol. The van der Waals surface area contributed by atoms with Gasteiger partial charge < -0.3 is 0 Å². The molecule has 1 aromatic rings. The Morgan fingerprint density at radius 1 is 1.36 bits per heavy atom. The molecule has 0 aliphatic rings. The third-order valence-corrected chi connectivity index (χ3v) is 1.56. The number of hydrogen-bond acceptors (Lipinski definition) is 1. The number of nitriles is 1. The van der Waals surface area contributed by atoms with Crippen LogP contribution in [0.5, 0.6) is 0 Å². The lowest BCUT2D eigenvalue weighted by Gasteiger charge is -2.06. The highest BCUT2D eigenvalue weighted by Crippen LogP contribution is 2.32. The number of alkyl halides is 3. The maximum absolute atomic E-state index is 12.2. The fourth-order valence-corrected chi connectivity index (χ4v) is 0.899. The molecule has 0 heterocycles. The number of hydrogen-bond donors (Lipinski definition) is 0. The van der Waals surface area contributed by atoms with E-state index in [1.54, 1.807) is 6.07 Å². The topological polar surface area (TPSA) is 28.1 Å². The van der Waals surface area contributed by atoms with E-state index in [1.807, 2.05) is 0 Å². The molecule has 0 unspecified atom stereocenters. The molecular weight excluding hydrogens is 193 g/mol. The Morgan fingerprint density at radius 3 is 2.43 bits per heavy atom. The molecule has 0 amide bonds.